The van der Waals surface area contributed by atoms with Crippen molar-refractivity contribution in [2.45, 2.75) is 65.8 Å². The smallest absolute Gasteiger partial charge is 0.0497 e. The zero-order chi connectivity index (χ0) is 13.4. The van der Waals surface area contributed by atoms with Gasteiger partial charge < -0.3 is 10.1 Å². The zero-order valence-electron chi connectivity index (χ0n) is 12.9. The normalized spacial score (nSPS) is 28.8. The fourth-order valence-corrected chi connectivity index (χ4v) is 3.22. The molecule has 2 nitrogen and oxygen atoms in total. The molecule has 1 aliphatic carbocycles. The van der Waals surface area contributed by atoms with E-state index in [9.17, 15) is 0 Å². The highest BCUT2D eigenvalue weighted by Crippen LogP contribution is 2.36. The summed E-state index contributed by atoms with van der Waals surface area (Å²) < 4.78 is 5.71. The van der Waals surface area contributed by atoms with Crippen LogP contribution in [0.15, 0.2) is 0 Å². The monoisotopic (exact) mass is 255 g/mol. The highest BCUT2D eigenvalue weighted by Gasteiger charge is 2.29. The van der Waals surface area contributed by atoms with E-state index in [4.69, 9.17) is 4.74 Å². The average Bonchev–Trinajstić information content (AvgIpc) is 2.35. The van der Waals surface area contributed by atoms with E-state index in [1.165, 1.54) is 38.6 Å². The van der Waals surface area contributed by atoms with Gasteiger partial charge in [0.25, 0.3) is 0 Å². The van der Waals surface area contributed by atoms with E-state index >= 15 is 0 Å². The van der Waals surface area contributed by atoms with E-state index in [2.05, 4.69) is 33.0 Å². The SMILES string of the molecule is CCCC1CCC(CNC(C)C)C(COCC)C1. The van der Waals surface area contributed by atoms with Gasteiger partial charge in [-0.1, -0.05) is 40.0 Å². The third-order valence-electron chi connectivity index (χ3n) is 4.27. The topological polar surface area (TPSA) is 21.3 Å². The Kier molecular flexibility index (Phi) is 7.92. The Hall–Kier alpha value is -0.0800. The molecule has 0 heterocycles. The van der Waals surface area contributed by atoms with Crippen molar-refractivity contribution in [1.29, 1.82) is 0 Å². The molecule has 0 saturated heterocycles. The van der Waals surface area contributed by atoms with E-state index in [0.29, 0.717) is 6.04 Å². The van der Waals surface area contributed by atoms with Gasteiger partial charge in [0.15, 0.2) is 0 Å². The summed E-state index contributed by atoms with van der Waals surface area (Å²) in [6.07, 6.45) is 6.95. The van der Waals surface area contributed by atoms with Crippen molar-refractivity contribution in [2.75, 3.05) is 19.8 Å². The summed E-state index contributed by atoms with van der Waals surface area (Å²) in [4.78, 5) is 0. The Balaban J connectivity index is 2.42. The van der Waals surface area contributed by atoms with E-state index in [1.54, 1.807) is 0 Å². The van der Waals surface area contributed by atoms with Gasteiger partial charge in [0.2, 0.25) is 0 Å². The van der Waals surface area contributed by atoms with E-state index in [0.717, 1.165) is 31.0 Å². The quantitative estimate of drug-likeness (QED) is 0.711. The number of hydrogen-bond donors (Lipinski definition) is 1. The maximum absolute atomic E-state index is 5.71. The summed E-state index contributed by atoms with van der Waals surface area (Å²) in [6.45, 7) is 11.9. The summed E-state index contributed by atoms with van der Waals surface area (Å²) in [7, 11) is 0. The second-order valence-corrected chi connectivity index (χ2v) is 6.21. The standard InChI is InChI=1S/C16H33NO/c1-5-7-14-8-9-15(11-17-13(3)4)16(10-14)12-18-6-2/h13-17H,5-12H2,1-4H3. The highest BCUT2D eigenvalue weighted by molar-refractivity contribution is 4.81. The summed E-state index contributed by atoms with van der Waals surface area (Å²) in [6, 6.07) is 0.603. The molecule has 0 amide bonds. The number of hydrogen-bond acceptors (Lipinski definition) is 2. The molecule has 0 radical (unpaired) electrons. The molecule has 3 unspecified atom stereocenters. The van der Waals surface area contributed by atoms with Crippen LogP contribution in [0.3, 0.4) is 0 Å². The predicted octanol–water partition coefficient (Wildman–Crippen LogP) is 3.85. The molecule has 1 saturated carbocycles. The van der Waals surface area contributed by atoms with Crippen LogP contribution in [0.25, 0.3) is 0 Å². The minimum Gasteiger partial charge on any atom is -0.381 e. The fraction of sp³-hybridized carbons (Fsp3) is 1.00. The van der Waals surface area contributed by atoms with Gasteiger partial charge in [-0.25, -0.2) is 0 Å². The lowest BCUT2D eigenvalue weighted by Crippen LogP contribution is -2.37. The molecule has 0 aromatic heterocycles. The van der Waals surface area contributed by atoms with Gasteiger partial charge in [0, 0.05) is 19.3 Å². The van der Waals surface area contributed by atoms with Crippen LogP contribution in [0.4, 0.5) is 0 Å². The van der Waals surface area contributed by atoms with Crippen molar-refractivity contribution >= 4 is 0 Å². The van der Waals surface area contributed by atoms with Crippen LogP contribution in [-0.2, 0) is 4.74 Å². The summed E-state index contributed by atoms with van der Waals surface area (Å²) in [5.41, 5.74) is 0. The molecule has 1 rings (SSSR count). The summed E-state index contributed by atoms with van der Waals surface area (Å²) >= 11 is 0. The van der Waals surface area contributed by atoms with Crippen LogP contribution in [0.1, 0.15) is 59.8 Å². The van der Waals surface area contributed by atoms with Gasteiger partial charge in [-0.05, 0) is 44.1 Å². The molecule has 0 aromatic carbocycles. The van der Waals surface area contributed by atoms with E-state index in [1.807, 2.05) is 0 Å². The van der Waals surface area contributed by atoms with Gasteiger partial charge in [-0.2, -0.15) is 0 Å². The molecule has 1 fully saturated rings. The van der Waals surface area contributed by atoms with Crippen LogP contribution in [0.5, 0.6) is 0 Å². The van der Waals surface area contributed by atoms with Crippen molar-refractivity contribution in [3.05, 3.63) is 0 Å². The zero-order valence-corrected chi connectivity index (χ0v) is 12.9. The molecule has 2 heteroatoms. The van der Waals surface area contributed by atoms with Crippen molar-refractivity contribution in [2.24, 2.45) is 17.8 Å². The first kappa shape index (κ1) is 16.0. The van der Waals surface area contributed by atoms with Crippen molar-refractivity contribution in [3.8, 4) is 0 Å². The van der Waals surface area contributed by atoms with Crippen molar-refractivity contribution in [3.63, 3.8) is 0 Å². The molecule has 108 valence electrons. The molecule has 0 bridgehead atoms. The van der Waals surface area contributed by atoms with Gasteiger partial charge in [-0.3, -0.25) is 0 Å². The van der Waals surface area contributed by atoms with Crippen molar-refractivity contribution < 1.29 is 4.74 Å². The molecular weight excluding hydrogens is 222 g/mol. The van der Waals surface area contributed by atoms with E-state index < -0.39 is 0 Å². The molecule has 1 N–H and O–H groups in total. The molecule has 0 spiro atoms. The lowest BCUT2D eigenvalue weighted by Gasteiger charge is -2.36. The first-order valence-corrected chi connectivity index (χ1v) is 7.98. The summed E-state index contributed by atoms with van der Waals surface area (Å²) in [5.74, 6) is 2.56. The highest BCUT2D eigenvalue weighted by atomic mass is 16.5. The first-order chi connectivity index (χ1) is 8.67. The third kappa shape index (κ3) is 5.71. The number of nitrogens with one attached hydrogen (secondary N) is 1. The Morgan fingerprint density at radius 2 is 1.94 bits per heavy atom. The van der Waals surface area contributed by atoms with Crippen LogP contribution in [-0.4, -0.2) is 25.8 Å². The third-order valence-corrected chi connectivity index (χ3v) is 4.27. The maximum Gasteiger partial charge on any atom is 0.0497 e. The van der Waals surface area contributed by atoms with E-state index in [-0.39, 0.29) is 0 Å². The fourth-order valence-electron chi connectivity index (χ4n) is 3.22. The second kappa shape index (κ2) is 8.92. The Morgan fingerprint density at radius 1 is 1.17 bits per heavy atom. The first-order valence-electron chi connectivity index (χ1n) is 7.98. The molecule has 0 aromatic rings. The van der Waals surface area contributed by atoms with Crippen LogP contribution in [0, 0.1) is 17.8 Å². The van der Waals surface area contributed by atoms with Crippen LogP contribution < -0.4 is 5.32 Å². The van der Waals surface area contributed by atoms with Crippen LogP contribution >= 0.6 is 0 Å². The molecule has 3 atom stereocenters. The molecular formula is C16H33NO. The van der Waals surface area contributed by atoms with Gasteiger partial charge in [0.1, 0.15) is 0 Å². The Labute approximate surface area is 114 Å². The predicted molar refractivity (Wildman–Crippen MR) is 78.9 cm³/mol. The molecule has 1 aliphatic rings. The van der Waals surface area contributed by atoms with Gasteiger partial charge in [-0.15, -0.1) is 0 Å². The summed E-state index contributed by atoms with van der Waals surface area (Å²) in [5, 5.41) is 3.61. The molecule has 18 heavy (non-hydrogen) atoms. The minimum atomic E-state index is 0.603. The lowest BCUT2D eigenvalue weighted by atomic mass is 9.73. The van der Waals surface area contributed by atoms with Gasteiger partial charge in [0.05, 0.1) is 0 Å². The minimum absolute atomic E-state index is 0.603. The second-order valence-electron chi connectivity index (χ2n) is 6.21. The van der Waals surface area contributed by atoms with Crippen LogP contribution in [0.2, 0.25) is 0 Å². The molecule has 0 aliphatic heterocycles. The number of ether oxygens (including phenoxy) is 1. The number of rotatable bonds is 8. The lowest BCUT2D eigenvalue weighted by molar-refractivity contribution is 0.0486. The Morgan fingerprint density at radius 3 is 2.56 bits per heavy atom. The Bertz CT molecular complexity index is 205. The van der Waals surface area contributed by atoms with Gasteiger partial charge >= 0.3 is 0 Å². The maximum atomic E-state index is 5.71. The average molecular weight is 255 g/mol. The van der Waals surface area contributed by atoms with Crippen molar-refractivity contribution in [1.82, 2.24) is 5.32 Å². The largest absolute Gasteiger partial charge is 0.381 e.